The van der Waals surface area contributed by atoms with Gasteiger partial charge in [0.05, 0.1) is 35.6 Å². The summed E-state index contributed by atoms with van der Waals surface area (Å²) in [6.07, 6.45) is 3.50. The van der Waals surface area contributed by atoms with E-state index in [1.807, 2.05) is 30.3 Å². The third-order valence-corrected chi connectivity index (χ3v) is 5.99. The summed E-state index contributed by atoms with van der Waals surface area (Å²) in [5, 5.41) is 12.5. The Morgan fingerprint density at radius 1 is 1.06 bits per heavy atom. The molecule has 1 atom stereocenters. The van der Waals surface area contributed by atoms with Crippen LogP contribution in [0.4, 0.5) is 5.82 Å². The molecule has 1 unspecified atom stereocenters. The minimum absolute atomic E-state index is 0.268. The normalized spacial score (nSPS) is 14.3. The number of aliphatic carboxylic acids is 1. The van der Waals surface area contributed by atoms with Gasteiger partial charge < -0.3 is 19.9 Å². The van der Waals surface area contributed by atoms with E-state index in [4.69, 9.17) is 21.1 Å². The number of ether oxygens (including phenoxy) is 2. The van der Waals surface area contributed by atoms with Crippen LogP contribution < -0.4 is 14.8 Å². The Morgan fingerprint density at radius 2 is 1.83 bits per heavy atom. The first-order valence-electron chi connectivity index (χ1n) is 11.1. The van der Waals surface area contributed by atoms with Crippen molar-refractivity contribution in [2.45, 2.75) is 12.3 Å². The number of amides is 1. The van der Waals surface area contributed by atoms with Crippen molar-refractivity contribution in [1.82, 2.24) is 9.97 Å². The molecule has 0 fully saturated rings. The van der Waals surface area contributed by atoms with Gasteiger partial charge in [0, 0.05) is 22.8 Å². The topological polar surface area (TPSA) is 111 Å². The smallest absolute Gasteiger partial charge is 0.311 e. The van der Waals surface area contributed by atoms with Gasteiger partial charge in [-0.25, -0.2) is 4.98 Å². The number of halogens is 1. The highest BCUT2D eigenvalue weighted by molar-refractivity contribution is 6.32. The van der Waals surface area contributed by atoms with Crippen molar-refractivity contribution in [1.29, 1.82) is 0 Å². The van der Waals surface area contributed by atoms with E-state index in [2.05, 4.69) is 15.3 Å². The largest absolute Gasteiger partial charge is 0.493 e. The van der Waals surface area contributed by atoms with E-state index in [1.54, 1.807) is 42.6 Å². The van der Waals surface area contributed by atoms with Gasteiger partial charge in [0.1, 0.15) is 17.2 Å². The van der Waals surface area contributed by atoms with Crippen LogP contribution in [0.1, 0.15) is 28.3 Å². The van der Waals surface area contributed by atoms with E-state index in [9.17, 15) is 14.7 Å². The Kier molecular flexibility index (Phi) is 6.51. The van der Waals surface area contributed by atoms with Gasteiger partial charge in [0.25, 0.3) is 5.91 Å². The average molecular weight is 502 g/mol. The number of carbonyl (C=O) groups is 2. The fourth-order valence-corrected chi connectivity index (χ4v) is 4.10. The van der Waals surface area contributed by atoms with E-state index in [0.717, 1.165) is 5.56 Å². The molecule has 0 bridgehead atoms. The van der Waals surface area contributed by atoms with Crippen molar-refractivity contribution in [2.75, 3.05) is 11.9 Å². The van der Waals surface area contributed by atoms with Gasteiger partial charge in [0.15, 0.2) is 5.82 Å². The minimum atomic E-state index is -0.920. The molecule has 1 aliphatic rings. The summed E-state index contributed by atoms with van der Waals surface area (Å²) >= 11 is 6.36. The first kappa shape index (κ1) is 23.3. The van der Waals surface area contributed by atoms with Crippen molar-refractivity contribution < 1.29 is 24.2 Å². The van der Waals surface area contributed by atoms with Crippen LogP contribution in [0.15, 0.2) is 79.1 Å². The van der Waals surface area contributed by atoms with Crippen LogP contribution in [0.3, 0.4) is 0 Å². The molecule has 0 saturated heterocycles. The van der Waals surface area contributed by atoms with Crippen molar-refractivity contribution >= 4 is 29.3 Å². The number of carboxylic acids is 1. The van der Waals surface area contributed by atoms with Crippen LogP contribution in [0, 0.1) is 0 Å². The second-order valence-electron chi connectivity index (χ2n) is 8.08. The summed E-state index contributed by atoms with van der Waals surface area (Å²) in [5.41, 5.74) is 2.47. The van der Waals surface area contributed by atoms with E-state index in [-0.39, 0.29) is 10.9 Å². The summed E-state index contributed by atoms with van der Waals surface area (Å²) in [5.74, 6) is -0.394. The minimum Gasteiger partial charge on any atom is -0.493 e. The maximum absolute atomic E-state index is 12.7. The van der Waals surface area contributed by atoms with Gasteiger partial charge in [-0.05, 0) is 36.8 Å². The average Bonchev–Trinajstić information content (AvgIpc) is 2.90. The van der Waals surface area contributed by atoms with Crippen LogP contribution in [0.25, 0.3) is 11.3 Å². The molecule has 1 aliphatic heterocycles. The molecule has 2 heterocycles. The van der Waals surface area contributed by atoms with Crippen molar-refractivity contribution in [2.24, 2.45) is 0 Å². The van der Waals surface area contributed by atoms with Gasteiger partial charge in [-0.2, -0.15) is 0 Å². The maximum atomic E-state index is 12.7. The number of anilines is 1. The molecule has 3 aromatic carbocycles. The number of carboxylic acid groups (broad SMARTS) is 1. The van der Waals surface area contributed by atoms with Gasteiger partial charge in [0.2, 0.25) is 0 Å². The summed E-state index contributed by atoms with van der Waals surface area (Å²) in [4.78, 5) is 32.9. The quantitative estimate of drug-likeness (QED) is 0.344. The predicted octanol–water partition coefficient (Wildman–Crippen LogP) is 5.79. The van der Waals surface area contributed by atoms with Crippen LogP contribution >= 0.6 is 11.6 Å². The zero-order valence-corrected chi connectivity index (χ0v) is 19.6. The molecule has 0 radical (unpaired) electrons. The summed E-state index contributed by atoms with van der Waals surface area (Å²) < 4.78 is 11.5. The van der Waals surface area contributed by atoms with Crippen LogP contribution in [-0.2, 0) is 4.79 Å². The Labute approximate surface area is 211 Å². The number of benzene rings is 3. The molecule has 2 N–H and O–H groups in total. The zero-order valence-electron chi connectivity index (χ0n) is 18.8. The predicted molar refractivity (Wildman–Crippen MR) is 134 cm³/mol. The number of nitrogens with one attached hydrogen (secondary N) is 1. The molecule has 180 valence electrons. The molecule has 5 rings (SSSR count). The van der Waals surface area contributed by atoms with Crippen LogP contribution in [0.2, 0.25) is 5.02 Å². The number of aromatic nitrogens is 2. The molecular weight excluding hydrogens is 482 g/mol. The fraction of sp³-hybridized carbons (Fsp3) is 0.111. The molecule has 1 amide bonds. The summed E-state index contributed by atoms with van der Waals surface area (Å²) in [6.45, 7) is 0.299. The van der Waals surface area contributed by atoms with E-state index in [1.165, 1.54) is 6.20 Å². The van der Waals surface area contributed by atoms with E-state index >= 15 is 0 Å². The lowest BCUT2D eigenvalue weighted by molar-refractivity contribution is -0.139. The van der Waals surface area contributed by atoms with Crippen molar-refractivity contribution in [3.63, 3.8) is 0 Å². The lowest BCUT2D eigenvalue weighted by Gasteiger charge is -2.24. The van der Waals surface area contributed by atoms with Crippen molar-refractivity contribution in [3.8, 4) is 28.5 Å². The maximum Gasteiger partial charge on any atom is 0.311 e. The highest BCUT2D eigenvalue weighted by atomic mass is 35.5. The molecule has 8 nitrogen and oxygen atoms in total. The van der Waals surface area contributed by atoms with Gasteiger partial charge in [-0.15, -0.1) is 0 Å². The molecule has 1 aromatic heterocycles. The van der Waals surface area contributed by atoms with E-state index in [0.29, 0.717) is 52.9 Å². The Hall–Kier alpha value is -4.43. The molecule has 4 aromatic rings. The molecule has 0 aliphatic carbocycles. The highest BCUT2D eigenvalue weighted by Crippen LogP contribution is 2.41. The Balaban J connectivity index is 1.28. The van der Waals surface area contributed by atoms with Crippen LogP contribution in [0.5, 0.6) is 17.2 Å². The number of fused-ring (bicyclic) bond motifs is 1. The SMILES string of the molecule is O=C(Nc1cncc(-c2ccccc2)n1)c1ccc(Oc2cc3c(cc2Cl)C(C(=O)O)CCO3)cc1. The van der Waals surface area contributed by atoms with E-state index < -0.39 is 11.9 Å². The summed E-state index contributed by atoms with van der Waals surface area (Å²) in [7, 11) is 0. The number of nitrogens with zero attached hydrogens (tertiary/aromatic N) is 2. The molecule has 36 heavy (non-hydrogen) atoms. The molecule has 9 heteroatoms. The molecular formula is C27H20ClN3O5. The third-order valence-electron chi connectivity index (χ3n) is 5.69. The Bertz CT molecular complexity index is 1430. The number of hydrogen-bond donors (Lipinski definition) is 2. The first-order chi connectivity index (χ1) is 17.5. The number of carbonyl (C=O) groups excluding carboxylic acids is 1. The van der Waals surface area contributed by atoms with Gasteiger partial charge in [-0.1, -0.05) is 41.9 Å². The van der Waals surface area contributed by atoms with Crippen LogP contribution in [-0.4, -0.2) is 33.6 Å². The summed E-state index contributed by atoms with van der Waals surface area (Å²) in [6, 6.07) is 19.2. The lowest BCUT2D eigenvalue weighted by atomic mass is 9.93. The van der Waals surface area contributed by atoms with Gasteiger partial charge in [-0.3, -0.25) is 14.6 Å². The standard InChI is InChI=1S/C27H20ClN3O5/c28-21-12-20-19(27(33)34)10-11-35-23(20)13-24(21)36-18-8-6-17(7-9-18)26(32)31-25-15-29-14-22(30-25)16-4-2-1-3-5-16/h1-9,12-15,19H,10-11H2,(H,33,34)(H,30,31,32). The second kappa shape index (κ2) is 10.1. The lowest BCUT2D eigenvalue weighted by Crippen LogP contribution is -2.20. The molecule has 0 spiro atoms. The number of rotatable bonds is 6. The first-order valence-corrected chi connectivity index (χ1v) is 11.5. The van der Waals surface area contributed by atoms with Gasteiger partial charge >= 0.3 is 5.97 Å². The third kappa shape index (κ3) is 4.99. The monoisotopic (exact) mass is 501 g/mol. The molecule has 0 saturated carbocycles. The Morgan fingerprint density at radius 3 is 2.58 bits per heavy atom. The highest BCUT2D eigenvalue weighted by Gasteiger charge is 2.29. The fourth-order valence-electron chi connectivity index (χ4n) is 3.89. The second-order valence-corrected chi connectivity index (χ2v) is 8.49. The zero-order chi connectivity index (χ0) is 25.1. The number of hydrogen-bond acceptors (Lipinski definition) is 6. The van der Waals surface area contributed by atoms with Crippen molar-refractivity contribution in [3.05, 3.63) is 95.3 Å².